The van der Waals surface area contributed by atoms with E-state index in [-0.39, 0.29) is 0 Å². The maximum absolute atomic E-state index is 6.95. The molecule has 0 bridgehead atoms. The number of hydrogen-bond acceptors (Lipinski definition) is 5. The first-order valence-electron chi connectivity index (χ1n) is 21.3. The van der Waals surface area contributed by atoms with Gasteiger partial charge in [0.05, 0.1) is 5.41 Å². The molecule has 2 aliphatic carbocycles. The quantitative estimate of drug-likeness (QED) is 0.173. The van der Waals surface area contributed by atoms with Gasteiger partial charge in [0.2, 0.25) is 0 Å². The van der Waals surface area contributed by atoms with E-state index in [2.05, 4.69) is 127 Å². The van der Waals surface area contributed by atoms with Gasteiger partial charge in [-0.1, -0.05) is 170 Å². The Hall–Kier alpha value is -8.41. The van der Waals surface area contributed by atoms with E-state index in [0.29, 0.717) is 34.7 Å². The minimum Gasteiger partial charge on any atom is -0.450 e. The molecule has 0 amide bonds. The van der Waals surface area contributed by atoms with Crippen LogP contribution < -0.4 is 9.47 Å². The molecule has 0 N–H and O–H groups in total. The molecule has 63 heavy (non-hydrogen) atoms. The van der Waals surface area contributed by atoms with Crippen molar-refractivity contribution in [2.24, 2.45) is 0 Å². The summed E-state index contributed by atoms with van der Waals surface area (Å²) in [6.45, 7) is 0. The van der Waals surface area contributed by atoms with Crippen molar-refractivity contribution in [1.29, 1.82) is 0 Å². The van der Waals surface area contributed by atoms with E-state index >= 15 is 0 Å². The lowest BCUT2D eigenvalue weighted by atomic mass is 9.70. The predicted octanol–water partition coefficient (Wildman–Crippen LogP) is 14.4. The molecule has 0 unspecified atom stereocenters. The van der Waals surface area contributed by atoms with E-state index < -0.39 is 5.41 Å². The van der Waals surface area contributed by atoms with Crippen molar-refractivity contribution in [2.45, 2.75) is 5.41 Å². The molecule has 1 aliphatic heterocycles. The molecule has 1 spiro atoms. The Kier molecular flexibility index (Phi) is 7.75. The summed E-state index contributed by atoms with van der Waals surface area (Å²) in [7, 11) is 0. The molecule has 2 heterocycles. The van der Waals surface area contributed by atoms with Crippen molar-refractivity contribution >= 4 is 0 Å². The Morgan fingerprint density at radius 2 is 0.746 bits per heavy atom. The smallest absolute Gasteiger partial charge is 0.175 e. The Labute approximate surface area is 364 Å². The van der Waals surface area contributed by atoms with Crippen LogP contribution >= 0.6 is 0 Å². The number of para-hydroxylation sites is 2. The summed E-state index contributed by atoms with van der Waals surface area (Å²) in [6, 6.07) is 74.4. The summed E-state index contributed by atoms with van der Waals surface area (Å²) in [5.41, 5.74) is 15.9. The predicted molar refractivity (Wildman–Crippen MR) is 250 cm³/mol. The lowest BCUT2D eigenvalue weighted by Gasteiger charge is -2.33. The molecule has 0 atom stereocenters. The van der Waals surface area contributed by atoms with Crippen LogP contribution in [0.25, 0.3) is 78.7 Å². The van der Waals surface area contributed by atoms with Gasteiger partial charge in [-0.15, -0.1) is 0 Å². The van der Waals surface area contributed by atoms with Crippen LogP contribution in [0.3, 0.4) is 0 Å². The maximum atomic E-state index is 6.95. The van der Waals surface area contributed by atoms with Gasteiger partial charge in [-0.2, -0.15) is 0 Å². The van der Waals surface area contributed by atoms with E-state index in [1.807, 2.05) is 84.9 Å². The Balaban J connectivity index is 1.05. The van der Waals surface area contributed by atoms with Gasteiger partial charge in [0.25, 0.3) is 0 Å². The van der Waals surface area contributed by atoms with E-state index in [9.17, 15) is 0 Å². The first-order valence-corrected chi connectivity index (χ1v) is 21.3. The van der Waals surface area contributed by atoms with Crippen molar-refractivity contribution in [3.05, 3.63) is 235 Å². The highest BCUT2D eigenvalue weighted by molar-refractivity contribution is 5.98. The zero-order valence-electron chi connectivity index (χ0n) is 33.9. The first kappa shape index (κ1) is 35.4. The zero-order chi connectivity index (χ0) is 41.5. The van der Waals surface area contributed by atoms with Crippen molar-refractivity contribution in [1.82, 2.24) is 15.0 Å². The van der Waals surface area contributed by atoms with Gasteiger partial charge in [0, 0.05) is 22.3 Å². The average molecular weight is 806 g/mol. The summed E-state index contributed by atoms with van der Waals surface area (Å²) >= 11 is 0. The number of benzene rings is 9. The van der Waals surface area contributed by atoms with Gasteiger partial charge >= 0.3 is 0 Å². The Morgan fingerprint density at radius 3 is 1.37 bits per heavy atom. The maximum Gasteiger partial charge on any atom is 0.175 e. The van der Waals surface area contributed by atoms with E-state index in [1.54, 1.807) is 0 Å². The highest BCUT2D eigenvalue weighted by Crippen LogP contribution is 2.67. The van der Waals surface area contributed by atoms with Crippen LogP contribution in [0, 0.1) is 0 Å². The third-order valence-electron chi connectivity index (χ3n) is 12.8. The molecule has 5 nitrogen and oxygen atoms in total. The normalized spacial score (nSPS) is 13.1. The molecule has 294 valence electrons. The van der Waals surface area contributed by atoms with Crippen molar-refractivity contribution in [2.75, 3.05) is 0 Å². The van der Waals surface area contributed by atoms with Crippen LogP contribution in [-0.4, -0.2) is 15.0 Å². The monoisotopic (exact) mass is 805 g/mol. The fourth-order valence-electron chi connectivity index (χ4n) is 10.0. The van der Waals surface area contributed by atoms with Gasteiger partial charge in [0.15, 0.2) is 40.5 Å². The molecule has 0 saturated carbocycles. The minimum atomic E-state index is -0.682. The van der Waals surface area contributed by atoms with Crippen molar-refractivity contribution in [3.63, 3.8) is 0 Å². The molecule has 10 aromatic rings. The summed E-state index contributed by atoms with van der Waals surface area (Å²) in [4.78, 5) is 15.3. The summed E-state index contributed by atoms with van der Waals surface area (Å²) in [5, 5.41) is 0. The molecule has 0 saturated heterocycles. The topological polar surface area (TPSA) is 57.1 Å². The number of nitrogens with zero attached hydrogens (tertiary/aromatic N) is 3. The number of ether oxygens (including phenoxy) is 2. The van der Waals surface area contributed by atoms with Crippen LogP contribution in [0.1, 0.15) is 22.3 Å². The van der Waals surface area contributed by atoms with Gasteiger partial charge < -0.3 is 9.47 Å². The Morgan fingerprint density at radius 1 is 0.286 bits per heavy atom. The van der Waals surface area contributed by atoms with E-state index in [4.69, 9.17) is 24.4 Å². The number of rotatable bonds is 5. The molecule has 3 aliphatic rings. The second-order valence-electron chi connectivity index (χ2n) is 16.3. The van der Waals surface area contributed by atoms with Crippen LogP contribution in [0.5, 0.6) is 23.0 Å². The van der Waals surface area contributed by atoms with Gasteiger partial charge in [-0.3, -0.25) is 0 Å². The van der Waals surface area contributed by atoms with Crippen LogP contribution in [0.4, 0.5) is 0 Å². The summed E-state index contributed by atoms with van der Waals surface area (Å²) in [5.74, 6) is 4.74. The lowest BCUT2D eigenvalue weighted by molar-refractivity contribution is 0.354. The fourth-order valence-corrected chi connectivity index (χ4v) is 10.0. The summed E-state index contributed by atoms with van der Waals surface area (Å²) < 4.78 is 13.6. The molecule has 0 fully saturated rings. The van der Waals surface area contributed by atoms with Crippen LogP contribution in [-0.2, 0) is 5.41 Å². The van der Waals surface area contributed by atoms with E-state index in [1.165, 1.54) is 33.4 Å². The minimum absolute atomic E-state index is 0.606. The molecular formula is C58H35N3O2. The van der Waals surface area contributed by atoms with Gasteiger partial charge in [0.1, 0.15) is 0 Å². The summed E-state index contributed by atoms with van der Waals surface area (Å²) in [6.07, 6.45) is 0. The van der Waals surface area contributed by atoms with E-state index in [0.717, 1.165) is 55.8 Å². The molecular weight excluding hydrogens is 771 g/mol. The van der Waals surface area contributed by atoms with Crippen LogP contribution in [0.15, 0.2) is 212 Å². The number of fused-ring (bicyclic) bond motifs is 13. The van der Waals surface area contributed by atoms with Crippen molar-refractivity contribution < 1.29 is 9.47 Å². The zero-order valence-corrected chi connectivity index (χ0v) is 33.9. The largest absolute Gasteiger partial charge is 0.450 e. The lowest BCUT2D eigenvalue weighted by Crippen LogP contribution is -2.27. The molecule has 0 radical (unpaired) electrons. The molecule has 5 heteroatoms. The molecule has 1 aromatic heterocycles. The molecule has 9 aromatic carbocycles. The second-order valence-corrected chi connectivity index (χ2v) is 16.3. The highest BCUT2D eigenvalue weighted by Gasteiger charge is 2.54. The SMILES string of the molecule is c1ccc(-c2cc(-c3ccc4c(c3)C3(c5ccccc5-c5ccccc53)c3c-4ccc4c3Oc3ccccc3O4)cc(-c3nc(-c4ccccc4)nc(-c4ccccc4)n3)c2)cc1. The average Bonchev–Trinajstić information content (AvgIpc) is 3.83. The standard InChI is InChI=1S/C58H35N3O2/c1-4-16-36(17-5-1)40-32-41(34-42(33-40)57-60-55(37-18-6-2-7-19-37)59-56(61-57)38-20-8-3-9-21-38)39-28-29-45-46-30-31-52-54(63-51-27-15-14-26-50(51)62-52)53(46)58(49(45)35-39)47-24-12-10-22-43(47)44-23-11-13-25-48(44)58/h1-35H. The number of hydrogen-bond donors (Lipinski definition) is 0. The van der Waals surface area contributed by atoms with Gasteiger partial charge in [-0.25, -0.2) is 15.0 Å². The number of aromatic nitrogens is 3. The van der Waals surface area contributed by atoms with Gasteiger partial charge in [-0.05, 0) is 104 Å². The third-order valence-corrected chi connectivity index (χ3v) is 12.8. The Bertz CT molecular complexity index is 3350. The third kappa shape index (κ3) is 5.40. The highest BCUT2D eigenvalue weighted by atomic mass is 16.6. The molecule has 13 rings (SSSR count). The first-order chi connectivity index (χ1) is 31.2. The fraction of sp³-hybridized carbons (Fsp3) is 0.0172. The second kappa shape index (κ2) is 13.8. The van der Waals surface area contributed by atoms with Crippen LogP contribution in [0.2, 0.25) is 0 Å². The van der Waals surface area contributed by atoms with Crippen molar-refractivity contribution in [3.8, 4) is 102 Å².